The third-order valence-corrected chi connectivity index (χ3v) is 2.67. The predicted octanol–water partition coefficient (Wildman–Crippen LogP) is 2.25. The van der Waals surface area contributed by atoms with Gasteiger partial charge in [-0.25, -0.2) is 0 Å². The molecule has 19 heavy (non-hydrogen) atoms. The Kier molecular flexibility index (Phi) is 9.39. The molecule has 2 N–H and O–H groups in total. The molecule has 0 saturated heterocycles. The first-order valence-corrected chi connectivity index (χ1v) is 6.33. The van der Waals surface area contributed by atoms with E-state index in [9.17, 15) is 4.79 Å². The molecule has 0 aliphatic rings. The minimum Gasteiger partial charge on any atom is -0.487 e. The molecule has 0 aliphatic heterocycles. The van der Waals surface area contributed by atoms with Gasteiger partial charge in [-0.3, -0.25) is 4.79 Å². The van der Waals surface area contributed by atoms with Crippen LogP contribution >= 0.6 is 24.0 Å². The molecule has 0 saturated carbocycles. The van der Waals surface area contributed by atoms with Gasteiger partial charge in [-0.15, -0.1) is 12.4 Å². The zero-order valence-corrected chi connectivity index (χ0v) is 12.7. The van der Waals surface area contributed by atoms with E-state index in [1.165, 1.54) is 0 Å². The maximum absolute atomic E-state index is 11.4. The summed E-state index contributed by atoms with van der Waals surface area (Å²) < 4.78 is 5.64. The summed E-state index contributed by atoms with van der Waals surface area (Å²) in [5.41, 5.74) is 0. The highest BCUT2D eigenvalue weighted by molar-refractivity contribution is 6.32. The van der Waals surface area contributed by atoms with Crippen molar-refractivity contribution in [3.05, 3.63) is 29.3 Å². The van der Waals surface area contributed by atoms with E-state index in [1.54, 1.807) is 6.07 Å². The molecule has 6 heteroatoms. The van der Waals surface area contributed by atoms with E-state index in [0.29, 0.717) is 30.3 Å². The number of benzene rings is 1. The van der Waals surface area contributed by atoms with Gasteiger partial charge in [-0.1, -0.05) is 23.7 Å². The Hall–Kier alpha value is -0.970. The van der Waals surface area contributed by atoms with E-state index >= 15 is 0 Å². The van der Waals surface area contributed by atoms with Crippen molar-refractivity contribution in [3.63, 3.8) is 0 Å². The van der Waals surface area contributed by atoms with Crippen molar-refractivity contribution in [1.82, 2.24) is 10.6 Å². The van der Waals surface area contributed by atoms with E-state index in [1.807, 2.05) is 32.2 Å². The van der Waals surface area contributed by atoms with Gasteiger partial charge in [-0.2, -0.15) is 0 Å². The van der Waals surface area contributed by atoms with E-state index in [-0.39, 0.29) is 24.4 Å². The van der Waals surface area contributed by atoms with Crippen molar-refractivity contribution in [2.24, 2.45) is 0 Å². The molecule has 1 aromatic rings. The van der Waals surface area contributed by atoms with E-state index in [2.05, 4.69) is 10.6 Å². The third-order valence-electron chi connectivity index (χ3n) is 2.35. The van der Waals surface area contributed by atoms with Crippen LogP contribution in [0.2, 0.25) is 5.02 Å². The highest BCUT2D eigenvalue weighted by Crippen LogP contribution is 2.23. The lowest BCUT2D eigenvalue weighted by Gasteiger charge is -2.16. The minimum absolute atomic E-state index is 0. The van der Waals surface area contributed by atoms with Crippen molar-refractivity contribution in [2.45, 2.75) is 19.4 Å². The zero-order chi connectivity index (χ0) is 13.4. The van der Waals surface area contributed by atoms with Gasteiger partial charge in [0.15, 0.2) is 0 Å². The predicted molar refractivity (Wildman–Crippen MR) is 80.3 cm³/mol. The van der Waals surface area contributed by atoms with Crippen molar-refractivity contribution < 1.29 is 9.53 Å². The Morgan fingerprint density at radius 2 is 2.11 bits per heavy atom. The summed E-state index contributed by atoms with van der Waals surface area (Å²) in [5.74, 6) is 0.648. The molecule has 1 rings (SSSR count). The Labute approximate surface area is 125 Å². The second-order valence-corrected chi connectivity index (χ2v) is 4.42. The molecule has 0 fully saturated rings. The number of halogens is 2. The average molecular weight is 307 g/mol. The Morgan fingerprint density at radius 1 is 1.42 bits per heavy atom. The van der Waals surface area contributed by atoms with Gasteiger partial charge in [0, 0.05) is 13.0 Å². The van der Waals surface area contributed by atoms with Gasteiger partial charge in [0.25, 0.3) is 0 Å². The highest BCUT2D eigenvalue weighted by atomic mass is 35.5. The Bertz CT molecular complexity index is 389. The van der Waals surface area contributed by atoms with Crippen LogP contribution in [0.5, 0.6) is 5.75 Å². The van der Waals surface area contributed by atoms with Crippen LogP contribution in [0.3, 0.4) is 0 Å². The number of hydrogen-bond donors (Lipinski definition) is 2. The summed E-state index contributed by atoms with van der Waals surface area (Å²) in [7, 11) is 1.82. The molecule has 108 valence electrons. The summed E-state index contributed by atoms with van der Waals surface area (Å²) in [4.78, 5) is 11.4. The molecule has 1 aromatic carbocycles. The van der Waals surface area contributed by atoms with Crippen LogP contribution in [-0.2, 0) is 4.79 Å². The zero-order valence-electron chi connectivity index (χ0n) is 11.1. The molecule has 1 atom stereocenters. The lowest BCUT2D eigenvalue weighted by atomic mass is 10.3. The van der Waals surface area contributed by atoms with Crippen LogP contribution in [0.15, 0.2) is 24.3 Å². The highest BCUT2D eigenvalue weighted by Gasteiger charge is 2.08. The molecule has 0 radical (unpaired) electrons. The van der Waals surface area contributed by atoms with Gasteiger partial charge in [-0.05, 0) is 26.1 Å². The molecular weight excluding hydrogens is 287 g/mol. The maximum atomic E-state index is 11.4. The second-order valence-electron chi connectivity index (χ2n) is 4.02. The fourth-order valence-electron chi connectivity index (χ4n) is 1.38. The fourth-order valence-corrected chi connectivity index (χ4v) is 1.56. The van der Waals surface area contributed by atoms with Gasteiger partial charge < -0.3 is 15.4 Å². The van der Waals surface area contributed by atoms with Crippen molar-refractivity contribution in [2.75, 3.05) is 20.1 Å². The Balaban J connectivity index is 0.00000324. The largest absolute Gasteiger partial charge is 0.487 e. The topological polar surface area (TPSA) is 50.4 Å². The van der Waals surface area contributed by atoms with Gasteiger partial charge in [0.2, 0.25) is 5.91 Å². The standard InChI is InChI=1S/C13H19ClN2O2.ClH/c1-10(9-16-13(17)7-8-15-2)18-12-6-4-3-5-11(12)14;/h3-6,10,15H,7-9H2,1-2H3,(H,16,17);1H. The van der Waals surface area contributed by atoms with E-state index in [0.717, 1.165) is 0 Å². The Morgan fingerprint density at radius 3 is 2.74 bits per heavy atom. The second kappa shape index (κ2) is 9.89. The lowest BCUT2D eigenvalue weighted by Crippen LogP contribution is -2.34. The number of carbonyl (C=O) groups excluding carboxylic acids is 1. The van der Waals surface area contributed by atoms with Gasteiger partial charge >= 0.3 is 0 Å². The molecule has 0 bridgehead atoms. The number of nitrogens with one attached hydrogen (secondary N) is 2. The van der Waals surface area contributed by atoms with Crippen LogP contribution < -0.4 is 15.4 Å². The number of rotatable bonds is 7. The van der Waals surface area contributed by atoms with Gasteiger partial charge in [0.05, 0.1) is 11.6 Å². The monoisotopic (exact) mass is 306 g/mol. The fraction of sp³-hybridized carbons (Fsp3) is 0.462. The van der Waals surface area contributed by atoms with E-state index < -0.39 is 0 Å². The van der Waals surface area contributed by atoms with Crippen LogP contribution in [0, 0.1) is 0 Å². The van der Waals surface area contributed by atoms with Crippen LogP contribution in [0.4, 0.5) is 0 Å². The van der Waals surface area contributed by atoms with Crippen molar-refractivity contribution in [3.8, 4) is 5.75 Å². The molecule has 0 aliphatic carbocycles. The lowest BCUT2D eigenvalue weighted by molar-refractivity contribution is -0.121. The van der Waals surface area contributed by atoms with Crippen molar-refractivity contribution in [1.29, 1.82) is 0 Å². The molecule has 0 heterocycles. The molecule has 0 aromatic heterocycles. The quantitative estimate of drug-likeness (QED) is 0.812. The van der Waals surface area contributed by atoms with Crippen LogP contribution in [0.1, 0.15) is 13.3 Å². The maximum Gasteiger partial charge on any atom is 0.221 e. The summed E-state index contributed by atoms with van der Waals surface area (Å²) in [5, 5.41) is 6.31. The number of para-hydroxylation sites is 1. The average Bonchev–Trinajstić information content (AvgIpc) is 2.36. The normalized spacial score (nSPS) is 11.3. The first-order valence-electron chi connectivity index (χ1n) is 5.96. The summed E-state index contributed by atoms with van der Waals surface area (Å²) in [6.07, 6.45) is 0.346. The molecular formula is C13H20Cl2N2O2. The SMILES string of the molecule is CNCCC(=O)NCC(C)Oc1ccccc1Cl.Cl. The van der Waals surface area contributed by atoms with E-state index in [4.69, 9.17) is 16.3 Å². The van der Waals surface area contributed by atoms with Crippen molar-refractivity contribution >= 4 is 29.9 Å². The number of carbonyl (C=O) groups is 1. The molecule has 0 spiro atoms. The minimum atomic E-state index is -0.122. The smallest absolute Gasteiger partial charge is 0.221 e. The molecule has 1 amide bonds. The number of ether oxygens (including phenoxy) is 1. The summed E-state index contributed by atoms with van der Waals surface area (Å²) in [6.45, 7) is 3.03. The van der Waals surface area contributed by atoms with Gasteiger partial charge in [0.1, 0.15) is 11.9 Å². The summed E-state index contributed by atoms with van der Waals surface area (Å²) >= 11 is 5.98. The molecule has 1 unspecified atom stereocenters. The summed E-state index contributed by atoms with van der Waals surface area (Å²) in [6, 6.07) is 7.29. The number of amides is 1. The first-order chi connectivity index (χ1) is 8.63. The van der Waals surface area contributed by atoms with Crippen LogP contribution in [0.25, 0.3) is 0 Å². The van der Waals surface area contributed by atoms with Crippen LogP contribution in [-0.4, -0.2) is 32.1 Å². The molecule has 4 nitrogen and oxygen atoms in total. The third kappa shape index (κ3) is 7.25. The first kappa shape index (κ1) is 18.0. The number of hydrogen-bond acceptors (Lipinski definition) is 3.